The van der Waals surface area contributed by atoms with Crippen LogP contribution in [0.4, 0.5) is 0 Å². The van der Waals surface area contributed by atoms with Crippen molar-refractivity contribution in [3.05, 3.63) is 24.3 Å². The number of benzene rings is 1. The zero-order valence-corrected chi connectivity index (χ0v) is 10.5. The van der Waals surface area contributed by atoms with Crippen molar-refractivity contribution in [1.82, 2.24) is 10.5 Å². The molecule has 1 aromatic heterocycles. The van der Waals surface area contributed by atoms with E-state index in [1.807, 2.05) is 24.3 Å². The number of hydrogen-bond donors (Lipinski definition) is 1. The van der Waals surface area contributed by atoms with Crippen LogP contribution in [0.1, 0.15) is 6.42 Å². The Kier molecular flexibility index (Phi) is 3.08. The molecule has 6 heteroatoms. The van der Waals surface area contributed by atoms with E-state index in [9.17, 15) is 4.79 Å². The summed E-state index contributed by atoms with van der Waals surface area (Å²) in [5.41, 5.74) is 0.688. The monoisotopic (exact) mass is 262 g/mol. The standard InChI is InChI=1S/C13H14N2O4/c1-17-13(16)10-6-8(7-14-10)18-12-9-4-2-3-5-11(9)19-15-12/h2-5,8,10,14H,6-7H2,1H3/t8-,10+/m1/s1. The maximum absolute atomic E-state index is 11.4. The molecule has 0 aliphatic carbocycles. The van der Waals surface area contributed by atoms with Crippen LogP contribution >= 0.6 is 0 Å². The minimum absolute atomic E-state index is 0.113. The van der Waals surface area contributed by atoms with Crippen LogP contribution in [-0.4, -0.2) is 36.9 Å². The first-order valence-corrected chi connectivity index (χ1v) is 6.10. The number of esters is 1. The lowest BCUT2D eigenvalue weighted by Crippen LogP contribution is -2.31. The maximum atomic E-state index is 11.4. The average molecular weight is 262 g/mol. The van der Waals surface area contributed by atoms with Crippen LogP contribution in [0.5, 0.6) is 5.88 Å². The number of rotatable bonds is 3. The summed E-state index contributed by atoms with van der Waals surface area (Å²) in [7, 11) is 1.38. The first kappa shape index (κ1) is 12.0. The lowest BCUT2D eigenvalue weighted by atomic mass is 10.2. The number of ether oxygens (including phenoxy) is 2. The predicted octanol–water partition coefficient (Wildman–Crippen LogP) is 1.11. The van der Waals surface area contributed by atoms with Gasteiger partial charge in [-0.1, -0.05) is 12.1 Å². The van der Waals surface area contributed by atoms with Crippen molar-refractivity contribution in [3.63, 3.8) is 0 Å². The molecule has 1 aromatic carbocycles. The molecule has 1 aliphatic heterocycles. The zero-order chi connectivity index (χ0) is 13.2. The Morgan fingerprint density at radius 1 is 1.47 bits per heavy atom. The van der Waals surface area contributed by atoms with Crippen LogP contribution in [0.25, 0.3) is 11.0 Å². The van der Waals surface area contributed by atoms with E-state index in [1.54, 1.807) is 0 Å². The number of aromatic nitrogens is 1. The van der Waals surface area contributed by atoms with Gasteiger partial charge >= 0.3 is 5.97 Å². The summed E-state index contributed by atoms with van der Waals surface area (Å²) in [6, 6.07) is 7.19. The molecule has 2 atom stereocenters. The molecular formula is C13H14N2O4. The molecule has 1 aliphatic rings. The Hall–Kier alpha value is -2.08. The molecule has 1 fully saturated rings. The average Bonchev–Trinajstić information content (AvgIpc) is 3.06. The molecule has 100 valence electrons. The molecule has 1 saturated heterocycles. The van der Waals surface area contributed by atoms with Crippen LogP contribution in [0.2, 0.25) is 0 Å². The van der Waals surface area contributed by atoms with Crippen LogP contribution in [0.3, 0.4) is 0 Å². The fourth-order valence-electron chi connectivity index (χ4n) is 2.22. The molecule has 3 rings (SSSR count). The molecule has 0 bridgehead atoms. The Labute approximate surface area is 109 Å². The normalized spacial score (nSPS) is 22.6. The highest BCUT2D eigenvalue weighted by molar-refractivity contribution is 5.81. The molecule has 2 heterocycles. The third-order valence-electron chi connectivity index (χ3n) is 3.20. The SMILES string of the molecule is COC(=O)[C@@H]1C[C@@H](Oc2noc3ccccc23)CN1. The van der Waals surface area contributed by atoms with Crippen LogP contribution in [-0.2, 0) is 9.53 Å². The first-order valence-electron chi connectivity index (χ1n) is 6.10. The number of hydrogen-bond acceptors (Lipinski definition) is 6. The van der Waals surface area contributed by atoms with Gasteiger partial charge in [-0.05, 0) is 17.3 Å². The Balaban J connectivity index is 1.71. The van der Waals surface area contributed by atoms with E-state index >= 15 is 0 Å². The van der Waals surface area contributed by atoms with E-state index in [0.29, 0.717) is 24.4 Å². The molecule has 0 unspecified atom stereocenters. The van der Waals surface area contributed by atoms with Crippen molar-refractivity contribution in [1.29, 1.82) is 0 Å². The first-order chi connectivity index (χ1) is 9.28. The number of fused-ring (bicyclic) bond motifs is 1. The van der Waals surface area contributed by atoms with Gasteiger partial charge in [-0.2, -0.15) is 0 Å². The smallest absolute Gasteiger partial charge is 0.323 e. The van der Waals surface area contributed by atoms with Crippen molar-refractivity contribution in [2.24, 2.45) is 0 Å². The molecule has 2 aromatic rings. The number of para-hydroxylation sites is 1. The molecule has 19 heavy (non-hydrogen) atoms. The molecule has 0 saturated carbocycles. The molecular weight excluding hydrogens is 248 g/mol. The Morgan fingerprint density at radius 2 is 2.32 bits per heavy atom. The quantitative estimate of drug-likeness (QED) is 0.835. The van der Waals surface area contributed by atoms with Gasteiger partial charge in [0.2, 0.25) is 0 Å². The van der Waals surface area contributed by atoms with Crippen molar-refractivity contribution in [2.45, 2.75) is 18.6 Å². The fourth-order valence-corrected chi connectivity index (χ4v) is 2.22. The second-order valence-corrected chi connectivity index (χ2v) is 4.44. The van der Waals surface area contributed by atoms with E-state index in [1.165, 1.54) is 7.11 Å². The van der Waals surface area contributed by atoms with Crippen LogP contribution in [0.15, 0.2) is 28.8 Å². The summed E-state index contributed by atoms with van der Waals surface area (Å²) in [4.78, 5) is 11.4. The number of carbonyl (C=O) groups excluding carboxylic acids is 1. The largest absolute Gasteiger partial charge is 0.470 e. The highest BCUT2D eigenvalue weighted by atomic mass is 16.5. The van der Waals surface area contributed by atoms with Gasteiger partial charge in [0.25, 0.3) is 5.88 Å². The topological polar surface area (TPSA) is 73.6 Å². The van der Waals surface area contributed by atoms with E-state index in [-0.39, 0.29) is 18.1 Å². The van der Waals surface area contributed by atoms with Crippen molar-refractivity contribution < 1.29 is 18.8 Å². The van der Waals surface area contributed by atoms with Crippen molar-refractivity contribution in [3.8, 4) is 5.88 Å². The van der Waals surface area contributed by atoms with Gasteiger partial charge in [-0.15, -0.1) is 0 Å². The van der Waals surface area contributed by atoms with E-state index in [0.717, 1.165) is 5.39 Å². The number of carbonyl (C=O) groups is 1. The van der Waals surface area contributed by atoms with Gasteiger partial charge in [-0.25, -0.2) is 0 Å². The molecule has 6 nitrogen and oxygen atoms in total. The van der Waals surface area contributed by atoms with E-state index < -0.39 is 0 Å². The number of nitrogens with zero attached hydrogens (tertiary/aromatic N) is 1. The molecule has 0 spiro atoms. The highest BCUT2D eigenvalue weighted by Gasteiger charge is 2.32. The highest BCUT2D eigenvalue weighted by Crippen LogP contribution is 2.26. The van der Waals surface area contributed by atoms with Crippen molar-refractivity contribution in [2.75, 3.05) is 13.7 Å². The van der Waals surface area contributed by atoms with Gasteiger partial charge in [0.1, 0.15) is 12.1 Å². The van der Waals surface area contributed by atoms with Gasteiger partial charge in [0.15, 0.2) is 5.58 Å². The Bertz CT molecular complexity index is 595. The molecule has 0 amide bonds. The summed E-state index contributed by atoms with van der Waals surface area (Å²) in [6.45, 7) is 0.584. The second-order valence-electron chi connectivity index (χ2n) is 4.44. The lowest BCUT2D eigenvalue weighted by Gasteiger charge is -2.09. The minimum atomic E-state index is -0.312. The van der Waals surface area contributed by atoms with Gasteiger partial charge in [0, 0.05) is 13.0 Å². The second kappa shape index (κ2) is 4.89. The summed E-state index contributed by atoms with van der Waals surface area (Å²) in [5.74, 6) is 0.198. The van der Waals surface area contributed by atoms with E-state index in [4.69, 9.17) is 14.0 Å². The van der Waals surface area contributed by atoms with Crippen LogP contribution < -0.4 is 10.1 Å². The minimum Gasteiger partial charge on any atom is -0.470 e. The number of nitrogens with one attached hydrogen (secondary N) is 1. The lowest BCUT2D eigenvalue weighted by molar-refractivity contribution is -0.142. The van der Waals surface area contributed by atoms with Crippen LogP contribution in [0, 0.1) is 0 Å². The van der Waals surface area contributed by atoms with Gasteiger partial charge in [-0.3, -0.25) is 4.79 Å². The molecule has 0 radical (unpaired) electrons. The third kappa shape index (κ3) is 2.26. The van der Waals surface area contributed by atoms with Gasteiger partial charge < -0.3 is 19.3 Å². The predicted molar refractivity (Wildman–Crippen MR) is 66.8 cm³/mol. The Morgan fingerprint density at radius 3 is 3.16 bits per heavy atom. The fraction of sp³-hybridized carbons (Fsp3) is 0.385. The summed E-state index contributed by atoms with van der Waals surface area (Å²) < 4.78 is 15.6. The molecule has 1 N–H and O–H groups in total. The third-order valence-corrected chi connectivity index (χ3v) is 3.20. The summed E-state index contributed by atoms with van der Waals surface area (Å²) >= 11 is 0. The van der Waals surface area contributed by atoms with E-state index in [2.05, 4.69) is 10.5 Å². The summed E-state index contributed by atoms with van der Waals surface area (Å²) in [5, 5.41) is 7.80. The number of methoxy groups -OCH3 is 1. The summed E-state index contributed by atoms with van der Waals surface area (Å²) in [6.07, 6.45) is 0.450. The zero-order valence-electron chi connectivity index (χ0n) is 10.5. The maximum Gasteiger partial charge on any atom is 0.323 e. The van der Waals surface area contributed by atoms with Gasteiger partial charge in [0.05, 0.1) is 12.5 Å². The van der Waals surface area contributed by atoms with Crippen molar-refractivity contribution >= 4 is 16.9 Å².